The fourth-order valence-corrected chi connectivity index (χ4v) is 3.03. The molecule has 1 aliphatic rings. The van der Waals surface area contributed by atoms with Gasteiger partial charge in [-0.2, -0.15) is 4.39 Å². The van der Waals surface area contributed by atoms with Crippen LogP contribution in [-0.4, -0.2) is 22.1 Å². The summed E-state index contributed by atoms with van der Waals surface area (Å²) in [5.74, 6) is -1.02. The van der Waals surface area contributed by atoms with E-state index in [1.165, 1.54) is 13.2 Å². The van der Waals surface area contributed by atoms with Crippen LogP contribution in [0.2, 0.25) is 0 Å². The Hall–Kier alpha value is -2.89. The van der Waals surface area contributed by atoms with Gasteiger partial charge in [-0.1, -0.05) is 6.07 Å². The van der Waals surface area contributed by atoms with Gasteiger partial charge in [-0.05, 0) is 53.6 Å². The normalized spacial score (nSPS) is 18.8. The van der Waals surface area contributed by atoms with Crippen LogP contribution in [0.5, 0.6) is 5.75 Å². The van der Waals surface area contributed by atoms with Gasteiger partial charge in [0.15, 0.2) is 17.4 Å². The smallest absolute Gasteiger partial charge is 0.200 e. The average molecular weight is 339 g/mol. The van der Waals surface area contributed by atoms with Crippen LogP contribution in [0.4, 0.5) is 8.78 Å². The van der Waals surface area contributed by atoms with Crippen LogP contribution < -0.4 is 4.74 Å². The maximum absolute atomic E-state index is 13.7. The average Bonchev–Trinajstić information content (AvgIpc) is 3.45. The van der Waals surface area contributed by atoms with E-state index in [9.17, 15) is 8.78 Å². The quantitative estimate of drug-likeness (QED) is 0.718. The van der Waals surface area contributed by atoms with E-state index in [0.29, 0.717) is 11.5 Å². The lowest BCUT2D eigenvalue weighted by atomic mass is 10.1. The second kappa shape index (κ2) is 6.20. The molecule has 0 unspecified atom stereocenters. The number of hydrogen-bond donors (Lipinski definition) is 0. The number of rotatable bonds is 4. The van der Waals surface area contributed by atoms with Crippen LogP contribution >= 0.6 is 0 Å². The molecule has 6 heteroatoms. The summed E-state index contributed by atoms with van der Waals surface area (Å²) in [6.45, 7) is 0. The summed E-state index contributed by atoms with van der Waals surface area (Å²) in [5.41, 5.74) is 2.43. The maximum Gasteiger partial charge on any atom is 0.200 e. The molecule has 4 nitrogen and oxygen atoms in total. The molecule has 3 aromatic rings. The van der Waals surface area contributed by atoms with Gasteiger partial charge >= 0.3 is 0 Å². The Morgan fingerprint density at radius 1 is 1.00 bits per heavy atom. The predicted molar refractivity (Wildman–Crippen MR) is 88.3 cm³/mol. The Morgan fingerprint density at radius 3 is 2.44 bits per heavy atom. The molecule has 0 bridgehead atoms. The summed E-state index contributed by atoms with van der Waals surface area (Å²) in [6, 6.07) is 8.37. The monoisotopic (exact) mass is 339 g/mol. The molecule has 4 rings (SSSR count). The van der Waals surface area contributed by atoms with E-state index in [0.717, 1.165) is 17.5 Å². The number of benzene rings is 1. The first-order valence-electron chi connectivity index (χ1n) is 7.93. The molecule has 0 saturated heterocycles. The van der Waals surface area contributed by atoms with Crippen molar-refractivity contribution < 1.29 is 13.5 Å². The number of hydrogen-bond acceptors (Lipinski definition) is 4. The van der Waals surface area contributed by atoms with E-state index in [1.54, 1.807) is 24.7 Å². The van der Waals surface area contributed by atoms with Gasteiger partial charge < -0.3 is 4.74 Å². The third kappa shape index (κ3) is 2.95. The predicted octanol–water partition coefficient (Wildman–Crippen LogP) is 4.10. The Kier molecular flexibility index (Phi) is 3.87. The molecule has 0 radical (unpaired) electrons. The van der Waals surface area contributed by atoms with Gasteiger partial charge in [0.25, 0.3) is 0 Å². The maximum atomic E-state index is 13.7. The van der Waals surface area contributed by atoms with Crippen LogP contribution in [0.3, 0.4) is 0 Å². The second-order valence-electron chi connectivity index (χ2n) is 6.02. The number of ether oxygens (including phenoxy) is 1. The van der Waals surface area contributed by atoms with Crippen LogP contribution in [-0.2, 0) is 0 Å². The largest absolute Gasteiger partial charge is 0.494 e. The van der Waals surface area contributed by atoms with Crippen LogP contribution in [0.15, 0.2) is 48.9 Å². The van der Waals surface area contributed by atoms with Crippen molar-refractivity contribution in [3.63, 3.8) is 0 Å². The summed E-state index contributed by atoms with van der Waals surface area (Å²) in [5, 5.41) is 0. The zero-order valence-corrected chi connectivity index (χ0v) is 13.5. The highest BCUT2D eigenvalue weighted by Crippen LogP contribution is 2.55. The minimum absolute atomic E-state index is 0.0672. The van der Waals surface area contributed by atoms with Gasteiger partial charge in [0, 0.05) is 18.6 Å². The lowest BCUT2D eigenvalue weighted by Crippen LogP contribution is -1.96. The standard InChI is InChI=1S/C19H15F2N3O/c1-25-17-7-11(6-15(20)18(17)21)13-8-14(13)12-9-23-19(24-10-12)16-4-2-3-5-22-16/h2-7,9-10,13-14H,8H2,1H3/t13-,14-/m0/s1. The van der Waals surface area contributed by atoms with Crippen molar-refractivity contribution in [2.24, 2.45) is 0 Å². The van der Waals surface area contributed by atoms with E-state index in [1.807, 2.05) is 18.2 Å². The lowest BCUT2D eigenvalue weighted by Gasteiger charge is -2.07. The zero-order chi connectivity index (χ0) is 17.4. The van der Waals surface area contributed by atoms with Crippen molar-refractivity contribution in [2.45, 2.75) is 18.3 Å². The number of halogens is 2. The van der Waals surface area contributed by atoms with E-state index >= 15 is 0 Å². The molecule has 2 atom stereocenters. The van der Waals surface area contributed by atoms with Crippen LogP contribution in [0.1, 0.15) is 29.4 Å². The summed E-state index contributed by atoms with van der Waals surface area (Å²) in [6.07, 6.45) is 6.10. The van der Waals surface area contributed by atoms with Crippen molar-refractivity contribution in [1.29, 1.82) is 0 Å². The molecule has 1 saturated carbocycles. The number of methoxy groups -OCH3 is 1. The molecule has 25 heavy (non-hydrogen) atoms. The van der Waals surface area contributed by atoms with Gasteiger partial charge in [0.1, 0.15) is 5.69 Å². The van der Waals surface area contributed by atoms with Crippen molar-refractivity contribution in [1.82, 2.24) is 15.0 Å². The van der Waals surface area contributed by atoms with Gasteiger partial charge in [0.2, 0.25) is 5.82 Å². The van der Waals surface area contributed by atoms with Gasteiger partial charge in [-0.15, -0.1) is 0 Å². The molecule has 2 heterocycles. The van der Waals surface area contributed by atoms with Crippen molar-refractivity contribution in [2.75, 3.05) is 7.11 Å². The molecular formula is C19H15F2N3O. The van der Waals surface area contributed by atoms with E-state index in [4.69, 9.17) is 4.74 Å². The van der Waals surface area contributed by atoms with E-state index < -0.39 is 11.6 Å². The number of aromatic nitrogens is 3. The molecule has 2 aromatic heterocycles. The molecule has 1 fully saturated rings. The first kappa shape index (κ1) is 15.6. The molecule has 0 N–H and O–H groups in total. The molecule has 0 spiro atoms. The summed E-state index contributed by atoms with van der Waals surface area (Å²) in [4.78, 5) is 13.0. The van der Waals surface area contributed by atoms with Gasteiger partial charge in [-0.25, -0.2) is 14.4 Å². The van der Waals surface area contributed by atoms with Crippen LogP contribution in [0, 0.1) is 11.6 Å². The second-order valence-corrected chi connectivity index (χ2v) is 6.02. The molecule has 1 aliphatic carbocycles. The highest BCUT2D eigenvalue weighted by Gasteiger charge is 2.40. The molecular weight excluding hydrogens is 324 g/mol. The van der Waals surface area contributed by atoms with E-state index in [-0.39, 0.29) is 17.6 Å². The first-order chi connectivity index (χ1) is 12.2. The summed E-state index contributed by atoms with van der Waals surface area (Å²) < 4.78 is 32.2. The molecule has 1 aromatic carbocycles. The minimum Gasteiger partial charge on any atom is -0.494 e. The highest BCUT2D eigenvalue weighted by atomic mass is 19.2. The van der Waals surface area contributed by atoms with E-state index in [2.05, 4.69) is 15.0 Å². The fourth-order valence-electron chi connectivity index (χ4n) is 3.03. The lowest BCUT2D eigenvalue weighted by molar-refractivity contribution is 0.371. The van der Waals surface area contributed by atoms with Crippen molar-refractivity contribution >= 4 is 0 Å². The number of nitrogens with zero attached hydrogens (tertiary/aromatic N) is 3. The molecule has 0 aliphatic heterocycles. The Morgan fingerprint density at radius 2 is 1.76 bits per heavy atom. The molecule has 0 amide bonds. The Labute approximate surface area is 143 Å². The number of pyridine rings is 1. The van der Waals surface area contributed by atoms with Crippen LogP contribution in [0.25, 0.3) is 11.5 Å². The Balaban J connectivity index is 1.55. The van der Waals surface area contributed by atoms with Gasteiger partial charge in [-0.3, -0.25) is 4.98 Å². The third-order valence-electron chi connectivity index (χ3n) is 4.45. The highest BCUT2D eigenvalue weighted by molar-refractivity contribution is 5.48. The zero-order valence-electron chi connectivity index (χ0n) is 13.5. The Bertz CT molecular complexity index is 901. The van der Waals surface area contributed by atoms with Crippen molar-refractivity contribution in [3.8, 4) is 17.3 Å². The summed E-state index contributed by atoms with van der Waals surface area (Å²) >= 11 is 0. The third-order valence-corrected chi connectivity index (χ3v) is 4.45. The van der Waals surface area contributed by atoms with Gasteiger partial charge in [0.05, 0.1) is 7.11 Å². The minimum atomic E-state index is -0.952. The fraction of sp³-hybridized carbons (Fsp3) is 0.211. The van der Waals surface area contributed by atoms with Crippen molar-refractivity contribution in [3.05, 3.63) is 71.7 Å². The SMILES string of the molecule is COc1cc([C@@H]2C[C@H]2c2cnc(-c3ccccn3)nc2)cc(F)c1F. The summed E-state index contributed by atoms with van der Waals surface area (Å²) in [7, 11) is 1.33. The molecule has 126 valence electrons. The first-order valence-corrected chi connectivity index (χ1v) is 7.93. The topological polar surface area (TPSA) is 47.9 Å².